The SMILES string of the molecule is C=CCCOCCNc1nc(C)ccc1C(=O)O. The number of ether oxygens (including phenoxy) is 1. The van der Waals surface area contributed by atoms with Crippen molar-refractivity contribution >= 4 is 11.8 Å². The molecule has 0 aliphatic heterocycles. The number of carboxylic acid groups (broad SMARTS) is 1. The molecule has 1 aromatic heterocycles. The molecular formula is C13H18N2O3. The molecule has 98 valence electrons. The number of rotatable bonds is 8. The number of hydrogen-bond acceptors (Lipinski definition) is 4. The number of hydrogen-bond donors (Lipinski definition) is 2. The lowest BCUT2D eigenvalue weighted by molar-refractivity contribution is 0.0697. The van der Waals surface area contributed by atoms with E-state index < -0.39 is 5.97 Å². The molecule has 0 atom stereocenters. The van der Waals surface area contributed by atoms with E-state index in [9.17, 15) is 4.79 Å². The molecule has 18 heavy (non-hydrogen) atoms. The zero-order valence-corrected chi connectivity index (χ0v) is 10.5. The first kappa shape index (κ1) is 14.2. The molecular weight excluding hydrogens is 232 g/mol. The molecule has 5 nitrogen and oxygen atoms in total. The first-order valence-electron chi connectivity index (χ1n) is 5.78. The van der Waals surface area contributed by atoms with Crippen LogP contribution in [0.5, 0.6) is 0 Å². The molecule has 1 rings (SSSR count). The van der Waals surface area contributed by atoms with E-state index in [0.717, 1.165) is 12.1 Å². The molecule has 0 saturated carbocycles. The van der Waals surface area contributed by atoms with Gasteiger partial charge in [-0.25, -0.2) is 9.78 Å². The minimum atomic E-state index is -0.988. The molecule has 0 amide bonds. The van der Waals surface area contributed by atoms with Gasteiger partial charge in [-0.15, -0.1) is 6.58 Å². The lowest BCUT2D eigenvalue weighted by Gasteiger charge is -2.09. The molecule has 1 aromatic rings. The zero-order valence-electron chi connectivity index (χ0n) is 10.5. The fraction of sp³-hybridized carbons (Fsp3) is 0.385. The lowest BCUT2D eigenvalue weighted by Crippen LogP contribution is -2.14. The Morgan fingerprint density at radius 3 is 3.00 bits per heavy atom. The minimum absolute atomic E-state index is 0.173. The summed E-state index contributed by atoms with van der Waals surface area (Å²) in [6.07, 6.45) is 2.60. The highest BCUT2D eigenvalue weighted by Gasteiger charge is 2.10. The molecule has 5 heteroatoms. The molecule has 2 N–H and O–H groups in total. The summed E-state index contributed by atoms with van der Waals surface area (Å²) in [5, 5.41) is 12.0. The van der Waals surface area contributed by atoms with Crippen molar-refractivity contribution in [2.75, 3.05) is 25.1 Å². The van der Waals surface area contributed by atoms with Gasteiger partial charge in [0.15, 0.2) is 0 Å². The van der Waals surface area contributed by atoms with Gasteiger partial charge < -0.3 is 15.2 Å². The molecule has 0 radical (unpaired) electrons. The summed E-state index contributed by atoms with van der Waals surface area (Å²) in [7, 11) is 0. The van der Waals surface area contributed by atoms with E-state index in [2.05, 4.69) is 16.9 Å². The minimum Gasteiger partial charge on any atom is -0.478 e. The van der Waals surface area contributed by atoms with Crippen LogP contribution >= 0.6 is 0 Å². The highest BCUT2D eigenvalue weighted by molar-refractivity contribution is 5.93. The molecule has 0 aliphatic rings. The Morgan fingerprint density at radius 2 is 2.33 bits per heavy atom. The predicted octanol–water partition coefficient (Wildman–Crippen LogP) is 2.09. The Kier molecular flexibility index (Phi) is 5.87. The number of aromatic carboxylic acids is 1. The third-order valence-electron chi connectivity index (χ3n) is 2.27. The van der Waals surface area contributed by atoms with Crippen LogP contribution in [0.2, 0.25) is 0 Å². The number of carbonyl (C=O) groups is 1. The second kappa shape index (κ2) is 7.45. The van der Waals surface area contributed by atoms with E-state index in [-0.39, 0.29) is 5.56 Å². The van der Waals surface area contributed by atoms with Crippen molar-refractivity contribution < 1.29 is 14.6 Å². The van der Waals surface area contributed by atoms with Crippen molar-refractivity contribution in [3.05, 3.63) is 36.0 Å². The van der Waals surface area contributed by atoms with Crippen LogP contribution in [-0.4, -0.2) is 35.8 Å². The maximum absolute atomic E-state index is 11.0. The Bertz CT molecular complexity index is 419. The van der Waals surface area contributed by atoms with Crippen molar-refractivity contribution in [1.82, 2.24) is 4.98 Å². The summed E-state index contributed by atoms with van der Waals surface area (Å²) >= 11 is 0. The van der Waals surface area contributed by atoms with Gasteiger partial charge in [0.1, 0.15) is 11.4 Å². The van der Waals surface area contributed by atoms with E-state index >= 15 is 0 Å². The van der Waals surface area contributed by atoms with Crippen LogP contribution in [-0.2, 0) is 4.74 Å². The predicted molar refractivity (Wildman–Crippen MR) is 70.1 cm³/mol. The summed E-state index contributed by atoms with van der Waals surface area (Å²) in [4.78, 5) is 15.1. The summed E-state index contributed by atoms with van der Waals surface area (Å²) in [6, 6.07) is 3.22. The molecule has 0 aliphatic carbocycles. The summed E-state index contributed by atoms with van der Waals surface area (Å²) in [5.41, 5.74) is 0.946. The molecule has 0 bridgehead atoms. The topological polar surface area (TPSA) is 71.5 Å². The Hall–Kier alpha value is -1.88. The van der Waals surface area contributed by atoms with Gasteiger partial charge in [-0.1, -0.05) is 6.08 Å². The van der Waals surface area contributed by atoms with Gasteiger partial charge in [0.25, 0.3) is 0 Å². The van der Waals surface area contributed by atoms with Gasteiger partial charge in [-0.05, 0) is 25.5 Å². The third-order valence-corrected chi connectivity index (χ3v) is 2.27. The number of carboxylic acids is 1. The second-order valence-corrected chi connectivity index (χ2v) is 3.77. The number of nitrogens with zero attached hydrogens (tertiary/aromatic N) is 1. The first-order chi connectivity index (χ1) is 8.65. The maximum Gasteiger partial charge on any atom is 0.339 e. The summed E-state index contributed by atoms with van der Waals surface area (Å²) < 4.78 is 5.32. The Balaban J connectivity index is 2.47. The highest BCUT2D eigenvalue weighted by Crippen LogP contribution is 2.12. The van der Waals surface area contributed by atoms with Crippen molar-refractivity contribution in [2.45, 2.75) is 13.3 Å². The fourth-order valence-corrected chi connectivity index (χ4v) is 1.37. The number of anilines is 1. The van der Waals surface area contributed by atoms with Crippen LogP contribution in [0.15, 0.2) is 24.8 Å². The summed E-state index contributed by atoms with van der Waals surface area (Å²) in [5.74, 6) is -0.604. The van der Waals surface area contributed by atoms with Crippen LogP contribution < -0.4 is 5.32 Å². The van der Waals surface area contributed by atoms with Crippen molar-refractivity contribution in [3.8, 4) is 0 Å². The van der Waals surface area contributed by atoms with Crippen LogP contribution in [0.4, 0.5) is 5.82 Å². The van der Waals surface area contributed by atoms with Gasteiger partial charge in [0, 0.05) is 12.2 Å². The maximum atomic E-state index is 11.0. The normalized spacial score (nSPS) is 10.1. The number of aromatic nitrogens is 1. The van der Waals surface area contributed by atoms with Crippen LogP contribution in [0.1, 0.15) is 22.5 Å². The lowest BCUT2D eigenvalue weighted by atomic mass is 10.2. The van der Waals surface area contributed by atoms with Crippen LogP contribution in [0.25, 0.3) is 0 Å². The Labute approximate surface area is 107 Å². The number of nitrogens with one attached hydrogen (secondary N) is 1. The quantitative estimate of drug-likeness (QED) is 0.546. The number of aryl methyl sites for hydroxylation is 1. The van der Waals surface area contributed by atoms with Gasteiger partial charge in [-0.2, -0.15) is 0 Å². The van der Waals surface area contributed by atoms with E-state index in [1.165, 1.54) is 0 Å². The van der Waals surface area contributed by atoms with Gasteiger partial charge in [0.2, 0.25) is 0 Å². The van der Waals surface area contributed by atoms with Gasteiger partial charge in [-0.3, -0.25) is 0 Å². The molecule has 0 fully saturated rings. The van der Waals surface area contributed by atoms with E-state index in [4.69, 9.17) is 9.84 Å². The van der Waals surface area contributed by atoms with Crippen LogP contribution in [0, 0.1) is 6.92 Å². The van der Waals surface area contributed by atoms with E-state index in [0.29, 0.717) is 25.6 Å². The average molecular weight is 250 g/mol. The molecule has 0 saturated heterocycles. The van der Waals surface area contributed by atoms with E-state index in [1.54, 1.807) is 18.2 Å². The highest BCUT2D eigenvalue weighted by atomic mass is 16.5. The molecule has 0 spiro atoms. The third kappa shape index (κ3) is 4.55. The zero-order chi connectivity index (χ0) is 13.4. The average Bonchev–Trinajstić information content (AvgIpc) is 2.33. The Morgan fingerprint density at radius 1 is 1.56 bits per heavy atom. The van der Waals surface area contributed by atoms with Gasteiger partial charge >= 0.3 is 5.97 Å². The second-order valence-electron chi connectivity index (χ2n) is 3.77. The molecule has 0 aromatic carbocycles. The number of pyridine rings is 1. The molecule has 0 unspecified atom stereocenters. The van der Waals surface area contributed by atoms with Crippen molar-refractivity contribution in [1.29, 1.82) is 0 Å². The van der Waals surface area contributed by atoms with Crippen molar-refractivity contribution in [2.24, 2.45) is 0 Å². The van der Waals surface area contributed by atoms with Gasteiger partial charge in [0.05, 0.1) is 13.2 Å². The first-order valence-corrected chi connectivity index (χ1v) is 5.78. The smallest absolute Gasteiger partial charge is 0.339 e. The largest absolute Gasteiger partial charge is 0.478 e. The van der Waals surface area contributed by atoms with Crippen molar-refractivity contribution in [3.63, 3.8) is 0 Å². The molecule has 1 heterocycles. The monoisotopic (exact) mass is 250 g/mol. The standard InChI is InChI=1S/C13H18N2O3/c1-3-4-8-18-9-7-14-12-11(13(16)17)6-5-10(2)15-12/h3,5-6H,1,4,7-9H2,2H3,(H,14,15)(H,16,17). The van der Waals surface area contributed by atoms with Crippen LogP contribution in [0.3, 0.4) is 0 Å². The summed E-state index contributed by atoms with van der Waals surface area (Å²) in [6.45, 7) is 7.06. The van der Waals surface area contributed by atoms with E-state index in [1.807, 2.05) is 6.92 Å². The fourth-order valence-electron chi connectivity index (χ4n) is 1.37.